The summed E-state index contributed by atoms with van der Waals surface area (Å²) >= 11 is 0. The van der Waals surface area contributed by atoms with Crippen molar-refractivity contribution in [1.82, 2.24) is 5.32 Å². The van der Waals surface area contributed by atoms with Gasteiger partial charge in [0.2, 0.25) is 5.91 Å². The Morgan fingerprint density at radius 1 is 0.470 bits per heavy atom. The molecule has 66 heavy (non-hydrogen) atoms. The van der Waals surface area contributed by atoms with Gasteiger partial charge in [-0.1, -0.05) is 247 Å². The minimum Gasteiger partial charge on any atom is -0.462 e. The van der Waals surface area contributed by atoms with Gasteiger partial charge in [-0.3, -0.25) is 9.59 Å². The maximum absolute atomic E-state index is 13.2. The highest BCUT2D eigenvalue weighted by atomic mass is 16.5. The highest BCUT2D eigenvalue weighted by molar-refractivity contribution is 5.77. The van der Waals surface area contributed by atoms with Crippen molar-refractivity contribution in [3.63, 3.8) is 0 Å². The standard InChI is InChI=1S/C60H105NO5/c1-4-7-10-13-16-19-22-25-28-29-32-34-37-40-43-46-49-52-58(63)57(55-62)61-59(64)54-56(51-48-45-42-39-36-33-30-26-23-20-17-14-11-8-5-2)66-60(65)53-50-47-44-41-38-35-31-27-24-21-18-15-12-9-6-3/h9,12,15,17-18,20-21,24,26-27,30-31,36,39,56-58,62-63H,4-8,10-11,13-14,16,19,22-23,25,28-29,32-35,37-38,40-55H2,1-3H3,(H,61,64)/b12-9+,18-15+,20-17-,24-21+,30-26-,31-27-,39-36-. The molecule has 0 saturated carbocycles. The van der Waals surface area contributed by atoms with Gasteiger partial charge in [-0.05, 0) is 83.5 Å². The number of hydrogen-bond donors (Lipinski definition) is 3. The fraction of sp³-hybridized carbons (Fsp3) is 0.733. The quantitative estimate of drug-likeness (QED) is 0.0245. The van der Waals surface area contributed by atoms with E-state index < -0.39 is 18.2 Å². The van der Waals surface area contributed by atoms with Crippen LogP contribution in [0.15, 0.2) is 85.1 Å². The second-order valence-corrected chi connectivity index (χ2v) is 18.7. The predicted molar refractivity (Wildman–Crippen MR) is 287 cm³/mol. The molecule has 0 aromatic heterocycles. The number of hydrogen-bond acceptors (Lipinski definition) is 5. The van der Waals surface area contributed by atoms with E-state index in [1.807, 2.05) is 18.2 Å². The van der Waals surface area contributed by atoms with Crippen LogP contribution in [-0.4, -0.2) is 46.9 Å². The summed E-state index contributed by atoms with van der Waals surface area (Å²) in [5.41, 5.74) is 0. The summed E-state index contributed by atoms with van der Waals surface area (Å²) in [5, 5.41) is 23.9. The number of rotatable bonds is 49. The van der Waals surface area contributed by atoms with Crippen LogP contribution < -0.4 is 5.32 Å². The first-order chi connectivity index (χ1) is 32.5. The minimum absolute atomic E-state index is 0.0384. The maximum atomic E-state index is 13.2. The Morgan fingerprint density at radius 3 is 1.42 bits per heavy atom. The number of ether oxygens (including phenoxy) is 1. The van der Waals surface area contributed by atoms with Crippen LogP contribution in [-0.2, 0) is 14.3 Å². The Balaban J connectivity index is 4.64. The van der Waals surface area contributed by atoms with E-state index >= 15 is 0 Å². The summed E-state index contributed by atoms with van der Waals surface area (Å²) in [7, 11) is 0. The van der Waals surface area contributed by atoms with Gasteiger partial charge in [0, 0.05) is 6.42 Å². The third-order valence-electron chi connectivity index (χ3n) is 12.3. The van der Waals surface area contributed by atoms with Crippen molar-refractivity contribution in [2.75, 3.05) is 6.61 Å². The van der Waals surface area contributed by atoms with Crippen molar-refractivity contribution in [3.8, 4) is 0 Å². The van der Waals surface area contributed by atoms with E-state index in [1.54, 1.807) is 0 Å². The first kappa shape index (κ1) is 63.0. The minimum atomic E-state index is -0.807. The molecule has 0 rings (SSSR count). The van der Waals surface area contributed by atoms with Crippen LogP contribution in [0.3, 0.4) is 0 Å². The van der Waals surface area contributed by atoms with Gasteiger partial charge in [-0.25, -0.2) is 0 Å². The smallest absolute Gasteiger partial charge is 0.306 e. The zero-order chi connectivity index (χ0) is 48.1. The van der Waals surface area contributed by atoms with E-state index in [1.165, 1.54) is 116 Å². The molecule has 6 nitrogen and oxygen atoms in total. The van der Waals surface area contributed by atoms with Crippen LogP contribution in [0.4, 0.5) is 0 Å². The summed E-state index contributed by atoms with van der Waals surface area (Å²) in [6.45, 7) is 6.32. The molecular formula is C60H105NO5. The van der Waals surface area contributed by atoms with E-state index in [9.17, 15) is 19.8 Å². The number of allylic oxidation sites excluding steroid dienone is 14. The van der Waals surface area contributed by atoms with Gasteiger partial charge in [0.1, 0.15) is 6.10 Å². The molecule has 0 aliphatic carbocycles. The normalized spacial score (nSPS) is 13.8. The van der Waals surface area contributed by atoms with Gasteiger partial charge in [0.05, 0.1) is 25.2 Å². The number of nitrogens with one attached hydrogen (secondary N) is 1. The molecular weight excluding hydrogens is 815 g/mol. The molecule has 3 atom stereocenters. The lowest BCUT2D eigenvalue weighted by molar-refractivity contribution is -0.151. The second kappa shape index (κ2) is 53.0. The van der Waals surface area contributed by atoms with Gasteiger partial charge in [-0.15, -0.1) is 0 Å². The van der Waals surface area contributed by atoms with Crippen LogP contribution in [0.5, 0.6) is 0 Å². The number of unbranched alkanes of at least 4 members (excludes halogenated alkanes) is 26. The van der Waals surface area contributed by atoms with E-state index in [2.05, 4.69) is 92.9 Å². The van der Waals surface area contributed by atoms with Crippen LogP contribution in [0.1, 0.15) is 258 Å². The zero-order valence-corrected chi connectivity index (χ0v) is 43.3. The molecule has 0 heterocycles. The lowest BCUT2D eigenvalue weighted by Crippen LogP contribution is -2.46. The fourth-order valence-electron chi connectivity index (χ4n) is 8.10. The second-order valence-electron chi connectivity index (χ2n) is 18.7. The Kier molecular flexibility index (Phi) is 50.6. The van der Waals surface area contributed by atoms with Gasteiger partial charge >= 0.3 is 5.97 Å². The molecule has 0 aliphatic rings. The molecule has 380 valence electrons. The molecule has 0 spiro atoms. The average molecular weight is 921 g/mol. The molecule has 0 aromatic rings. The zero-order valence-electron chi connectivity index (χ0n) is 43.3. The largest absolute Gasteiger partial charge is 0.462 e. The van der Waals surface area contributed by atoms with Crippen molar-refractivity contribution in [1.29, 1.82) is 0 Å². The van der Waals surface area contributed by atoms with Crippen LogP contribution in [0, 0.1) is 0 Å². The van der Waals surface area contributed by atoms with Crippen molar-refractivity contribution in [2.24, 2.45) is 0 Å². The Labute approximate surface area is 408 Å². The average Bonchev–Trinajstić information content (AvgIpc) is 3.31. The monoisotopic (exact) mass is 920 g/mol. The molecule has 6 heteroatoms. The third kappa shape index (κ3) is 47.5. The van der Waals surface area contributed by atoms with Gasteiger partial charge in [-0.2, -0.15) is 0 Å². The number of aliphatic hydroxyl groups is 2. The number of esters is 1. The Bertz CT molecular complexity index is 1260. The molecule has 3 N–H and O–H groups in total. The highest BCUT2D eigenvalue weighted by Crippen LogP contribution is 2.17. The summed E-state index contributed by atoms with van der Waals surface area (Å²) in [6, 6.07) is -0.724. The lowest BCUT2D eigenvalue weighted by Gasteiger charge is -2.24. The lowest BCUT2D eigenvalue weighted by atomic mass is 10.0. The predicted octanol–water partition coefficient (Wildman–Crippen LogP) is 17.1. The fourth-order valence-corrected chi connectivity index (χ4v) is 8.10. The molecule has 0 saturated heterocycles. The Morgan fingerprint density at radius 2 is 0.879 bits per heavy atom. The molecule has 0 fully saturated rings. The van der Waals surface area contributed by atoms with Crippen molar-refractivity contribution in [3.05, 3.63) is 85.1 Å². The van der Waals surface area contributed by atoms with Crippen molar-refractivity contribution >= 4 is 11.9 Å². The highest BCUT2D eigenvalue weighted by Gasteiger charge is 2.24. The van der Waals surface area contributed by atoms with Crippen LogP contribution in [0.2, 0.25) is 0 Å². The van der Waals surface area contributed by atoms with Crippen molar-refractivity contribution < 1.29 is 24.5 Å². The van der Waals surface area contributed by atoms with E-state index in [0.717, 1.165) is 96.3 Å². The topological polar surface area (TPSA) is 95.9 Å². The van der Waals surface area contributed by atoms with Gasteiger partial charge < -0.3 is 20.3 Å². The molecule has 3 unspecified atom stereocenters. The molecule has 0 radical (unpaired) electrons. The Hall–Kier alpha value is -2.96. The van der Waals surface area contributed by atoms with Crippen molar-refractivity contribution in [2.45, 2.75) is 277 Å². The summed E-state index contributed by atoms with van der Waals surface area (Å²) in [6.07, 6.45) is 69.3. The SMILES string of the molecule is CC/C=C/C=C/C=C/C=C\CCCCCCCC(=O)OC(CCCC/C=C\C/C=C\C/C=C\CCCCC)CC(=O)NC(CO)C(O)CCCCCCCCCCCCCCCCCCC. The number of amides is 1. The van der Waals surface area contributed by atoms with Gasteiger partial charge in [0.25, 0.3) is 0 Å². The summed E-state index contributed by atoms with van der Waals surface area (Å²) < 4.78 is 5.92. The molecule has 0 aromatic carbocycles. The van der Waals surface area contributed by atoms with E-state index in [0.29, 0.717) is 19.3 Å². The van der Waals surface area contributed by atoms with E-state index in [4.69, 9.17) is 4.74 Å². The first-order valence-corrected chi connectivity index (χ1v) is 27.9. The number of carbonyl (C=O) groups excluding carboxylic acids is 2. The number of carbonyl (C=O) groups is 2. The van der Waals surface area contributed by atoms with Crippen LogP contribution in [0.25, 0.3) is 0 Å². The summed E-state index contributed by atoms with van der Waals surface area (Å²) in [4.78, 5) is 26.2. The van der Waals surface area contributed by atoms with Gasteiger partial charge in [0.15, 0.2) is 0 Å². The van der Waals surface area contributed by atoms with E-state index in [-0.39, 0.29) is 24.9 Å². The number of aliphatic hydroxyl groups excluding tert-OH is 2. The van der Waals surface area contributed by atoms with Crippen LogP contribution >= 0.6 is 0 Å². The third-order valence-corrected chi connectivity index (χ3v) is 12.3. The molecule has 0 bridgehead atoms. The molecule has 1 amide bonds. The summed E-state index contributed by atoms with van der Waals surface area (Å²) in [5.74, 6) is -0.539. The molecule has 0 aliphatic heterocycles. The maximum Gasteiger partial charge on any atom is 0.306 e. The first-order valence-electron chi connectivity index (χ1n) is 27.9.